The number of benzene rings is 1. The van der Waals surface area contributed by atoms with E-state index in [2.05, 4.69) is 25.2 Å². The molecule has 1 saturated heterocycles. The molecule has 12 nitrogen and oxygen atoms in total. The predicted octanol–water partition coefficient (Wildman–Crippen LogP) is 3.54. The number of primary amides is 1. The number of nitrogens with one attached hydrogen (secondary N) is 2. The zero-order chi connectivity index (χ0) is 29.3. The summed E-state index contributed by atoms with van der Waals surface area (Å²) >= 11 is 12.5. The minimum atomic E-state index is -0.896. The molecule has 1 unspecified atom stereocenters. The number of likely N-dealkylation sites (N-methyl/N-ethyl adjacent to an activating group) is 1. The van der Waals surface area contributed by atoms with Crippen LogP contribution in [0.4, 0.5) is 11.5 Å². The van der Waals surface area contributed by atoms with Crippen molar-refractivity contribution in [3.05, 3.63) is 62.9 Å². The van der Waals surface area contributed by atoms with E-state index in [1.54, 1.807) is 12.3 Å². The van der Waals surface area contributed by atoms with Gasteiger partial charge in [0.05, 0.1) is 45.3 Å². The summed E-state index contributed by atoms with van der Waals surface area (Å²) < 4.78 is 7.25. The molecule has 5 N–H and O–H groups in total. The summed E-state index contributed by atoms with van der Waals surface area (Å²) in [7, 11) is 0. The van der Waals surface area contributed by atoms with Crippen molar-refractivity contribution in [2.24, 2.45) is 5.73 Å². The fourth-order valence-electron chi connectivity index (χ4n) is 4.87. The molecular weight excluding hydrogens is 573 g/mol. The summed E-state index contributed by atoms with van der Waals surface area (Å²) in [4.78, 5) is 51.1. The SMILES string of the molecule is CCN(CC1CCCO1)c1cc(NC(=O)Cn2cc(-c3cc(Cl)c(O)c(C(N)=O)c3)c3c(=O)[nH]cnc32)c(Cl)cn1. The first-order chi connectivity index (χ1) is 19.7. The van der Waals surface area contributed by atoms with E-state index in [0.717, 1.165) is 19.4 Å². The minimum Gasteiger partial charge on any atom is -0.506 e. The molecule has 2 amide bonds. The largest absolute Gasteiger partial charge is 0.506 e. The Morgan fingerprint density at radius 1 is 1.27 bits per heavy atom. The van der Waals surface area contributed by atoms with Gasteiger partial charge in [0.25, 0.3) is 11.5 Å². The fraction of sp³-hybridized carbons (Fsp3) is 0.296. The standard InChI is InChI=1S/C27H27Cl2N7O5/c1-2-35(10-15-4-3-5-41-15)21-8-20(19(29)9-31-21)34-22(37)12-36-11-17(23-26(36)32-13-33-27(23)40)14-6-16(25(30)39)24(38)18(28)7-14/h6-9,11,13,15,38H,2-5,10,12H2,1H3,(H2,30,39)(H,31,34,37)(H,32,33,40). The number of hydrogen-bond donors (Lipinski definition) is 4. The smallest absolute Gasteiger partial charge is 0.260 e. The Kier molecular flexibility index (Phi) is 8.15. The zero-order valence-corrected chi connectivity index (χ0v) is 23.5. The molecule has 5 rings (SSSR count). The van der Waals surface area contributed by atoms with Gasteiger partial charge in [-0.2, -0.15) is 0 Å². The number of carbonyl (C=O) groups is 2. The average Bonchev–Trinajstić information content (AvgIpc) is 3.59. The van der Waals surface area contributed by atoms with Gasteiger partial charge in [-0.05, 0) is 37.5 Å². The normalized spacial score (nSPS) is 14.9. The van der Waals surface area contributed by atoms with Crippen LogP contribution in [0, 0.1) is 0 Å². The topological polar surface area (TPSA) is 168 Å². The van der Waals surface area contributed by atoms with Crippen LogP contribution in [-0.2, 0) is 16.1 Å². The number of aromatic hydroxyl groups is 1. The molecule has 0 saturated carbocycles. The lowest BCUT2D eigenvalue weighted by Crippen LogP contribution is -2.32. The molecule has 1 fully saturated rings. The lowest BCUT2D eigenvalue weighted by Gasteiger charge is -2.25. The molecule has 3 aromatic heterocycles. The first-order valence-corrected chi connectivity index (χ1v) is 13.6. The van der Waals surface area contributed by atoms with Gasteiger partial charge in [0.1, 0.15) is 23.8 Å². The lowest BCUT2D eigenvalue weighted by molar-refractivity contribution is -0.116. The number of nitrogens with zero attached hydrogens (tertiary/aromatic N) is 4. The number of anilines is 2. The van der Waals surface area contributed by atoms with Gasteiger partial charge in [-0.25, -0.2) is 9.97 Å². The molecule has 0 radical (unpaired) electrons. The van der Waals surface area contributed by atoms with Crippen molar-refractivity contribution in [2.45, 2.75) is 32.4 Å². The van der Waals surface area contributed by atoms with Crippen LogP contribution in [0.5, 0.6) is 5.75 Å². The van der Waals surface area contributed by atoms with E-state index in [9.17, 15) is 19.5 Å². The van der Waals surface area contributed by atoms with Crippen molar-refractivity contribution in [3.63, 3.8) is 0 Å². The Morgan fingerprint density at radius 3 is 2.78 bits per heavy atom. The summed E-state index contributed by atoms with van der Waals surface area (Å²) in [5.41, 5.74) is 5.97. The number of H-pyrrole nitrogens is 1. The number of nitrogens with two attached hydrogens (primary N) is 1. The van der Waals surface area contributed by atoms with Crippen molar-refractivity contribution < 1.29 is 19.4 Å². The number of phenols is 1. The average molecular weight is 600 g/mol. The van der Waals surface area contributed by atoms with E-state index >= 15 is 0 Å². The maximum absolute atomic E-state index is 13.2. The number of ether oxygens (including phenoxy) is 1. The maximum Gasteiger partial charge on any atom is 0.260 e. The van der Waals surface area contributed by atoms with Crippen molar-refractivity contribution >= 4 is 57.6 Å². The second-order valence-corrected chi connectivity index (χ2v) is 10.4. The Balaban J connectivity index is 1.44. The molecular formula is C27H27Cl2N7O5. The maximum atomic E-state index is 13.2. The number of fused-ring (bicyclic) bond motifs is 1. The highest BCUT2D eigenvalue weighted by atomic mass is 35.5. The van der Waals surface area contributed by atoms with Crippen LogP contribution < -0.4 is 21.5 Å². The number of aromatic nitrogens is 4. The van der Waals surface area contributed by atoms with E-state index < -0.39 is 23.1 Å². The van der Waals surface area contributed by atoms with Crippen LogP contribution >= 0.6 is 23.2 Å². The quantitative estimate of drug-likeness (QED) is 0.226. The molecule has 1 aliphatic rings. The monoisotopic (exact) mass is 599 g/mol. The second-order valence-electron chi connectivity index (χ2n) is 9.56. The summed E-state index contributed by atoms with van der Waals surface area (Å²) in [5, 5.41) is 13.3. The van der Waals surface area contributed by atoms with Gasteiger partial charge < -0.3 is 35.3 Å². The molecule has 0 aliphatic carbocycles. The van der Waals surface area contributed by atoms with E-state index in [1.165, 1.54) is 29.2 Å². The lowest BCUT2D eigenvalue weighted by atomic mass is 10.0. The molecule has 0 spiro atoms. The first-order valence-electron chi connectivity index (χ1n) is 12.9. The number of amides is 2. The van der Waals surface area contributed by atoms with E-state index in [-0.39, 0.29) is 39.3 Å². The molecule has 1 atom stereocenters. The van der Waals surface area contributed by atoms with Crippen molar-refractivity contribution in [1.82, 2.24) is 19.5 Å². The highest BCUT2D eigenvalue weighted by molar-refractivity contribution is 6.34. The molecule has 214 valence electrons. The Hall–Kier alpha value is -4.13. The molecule has 1 aliphatic heterocycles. The number of halogens is 2. The van der Waals surface area contributed by atoms with Gasteiger partial charge in [0.15, 0.2) is 0 Å². The predicted molar refractivity (Wildman–Crippen MR) is 156 cm³/mol. The number of rotatable bonds is 9. The Bertz CT molecular complexity index is 1700. The Labute approximate surface area is 244 Å². The first kappa shape index (κ1) is 28.4. The van der Waals surface area contributed by atoms with Gasteiger partial charge in [-0.1, -0.05) is 23.2 Å². The number of aromatic amines is 1. The van der Waals surface area contributed by atoms with Crippen molar-refractivity contribution in [1.29, 1.82) is 0 Å². The van der Waals surface area contributed by atoms with Crippen LogP contribution in [0.25, 0.3) is 22.2 Å². The van der Waals surface area contributed by atoms with Crippen LogP contribution in [0.3, 0.4) is 0 Å². The van der Waals surface area contributed by atoms with Gasteiger partial charge in [-0.3, -0.25) is 14.4 Å². The van der Waals surface area contributed by atoms with Gasteiger partial charge in [0.2, 0.25) is 5.91 Å². The third-order valence-corrected chi connectivity index (χ3v) is 7.47. The second kappa shape index (κ2) is 11.8. The van der Waals surface area contributed by atoms with E-state index in [4.69, 9.17) is 33.7 Å². The van der Waals surface area contributed by atoms with Crippen LogP contribution in [-0.4, -0.2) is 62.2 Å². The van der Waals surface area contributed by atoms with E-state index in [1.807, 2.05) is 6.92 Å². The molecule has 4 aromatic rings. The third-order valence-electron chi connectivity index (χ3n) is 6.88. The van der Waals surface area contributed by atoms with E-state index in [0.29, 0.717) is 35.7 Å². The van der Waals surface area contributed by atoms with Gasteiger partial charge >= 0.3 is 0 Å². The summed E-state index contributed by atoms with van der Waals surface area (Å²) in [5.74, 6) is -1.14. The fourth-order valence-corrected chi connectivity index (χ4v) is 5.24. The van der Waals surface area contributed by atoms with Gasteiger partial charge in [0, 0.05) is 37.5 Å². The molecule has 0 bridgehead atoms. The number of carbonyl (C=O) groups excluding carboxylic acids is 2. The molecule has 41 heavy (non-hydrogen) atoms. The van der Waals surface area contributed by atoms with Crippen LogP contribution in [0.2, 0.25) is 10.0 Å². The minimum absolute atomic E-state index is 0.125. The van der Waals surface area contributed by atoms with Crippen molar-refractivity contribution in [2.75, 3.05) is 29.9 Å². The summed E-state index contributed by atoms with van der Waals surface area (Å²) in [6.07, 6.45) is 6.39. The molecule has 14 heteroatoms. The summed E-state index contributed by atoms with van der Waals surface area (Å²) in [6, 6.07) is 4.43. The number of hydrogen-bond acceptors (Lipinski definition) is 8. The third kappa shape index (κ3) is 5.85. The van der Waals surface area contributed by atoms with Crippen LogP contribution in [0.1, 0.15) is 30.1 Å². The molecule has 1 aromatic carbocycles. The number of pyridine rings is 1. The summed E-state index contributed by atoms with van der Waals surface area (Å²) in [6.45, 7) is 3.91. The highest BCUT2D eigenvalue weighted by Crippen LogP contribution is 2.36. The zero-order valence-electron chi connectivity index (χ0n) is 22.0. The van der Waals surface area contributed by atoms with Crippen molar-refractivity contribution in [3.8, 4) is 16.9 Å². The van der Waals surface area contributed by atoms with Crippen LogP contribution in [0.15, 0.2) is 41.7 Å². The van der Waals surface area contributed by atoms with Gasteiger partial charge in [-0.15, -0.1) is 0 Å². The molecule has 4 heterocycles. The Morgan fingerprint density at radius 2 is 2.07 bits per heavy atom. The highest BCUT2D eigenvalue weighted by Gasteiger charge is 2.22.